The van der Waals surface area contributed by atoms with E-state index in [9.17, 15) is 0 Å². The number of benzene rings is 3. The van der Waals surface area contributed by atoms with E-state index >= 15 is 0 Å². The Labute approximate surface area is 191 Å². The van der Waals surface area contributed by atoms with Crippen LogP contribution in [0, 0.1) is 0 Å². The molecule has 0 saturated carbocycles. The van der Waals surface area contributed by atoms with Crippen LogP contribution in [0.5, 0.6) is 5.75 Å². The van der Waals surface area contributed by atoms with Gasteiger partial charge >= 0.3 is 0 Å². The molecule has 4 nitrogen and oxygen atoms in total. The van der Waals surface area contributed by atoms with Crippen molar-refractivity contribution in [1.29, 1.82) is 0 Å². The molecule has 0 fully saturated rings. The maximum Gasteiger partial charge on any atom is 0.127 e. The minimum absolute atomic E-state index is 0.652. The summed E-state index contributed by atoms with van der Waals surface area (Å²) in [5, 5.41) is 4.47. The molecule has 0 bridgehead atoms. The van der Waals surface area contributed by atoms with Crippen molar-refractivity contribution >= 4 is 32.9 Å². The lowest BCUT2D eigenvalue weighted by Gasteiger charge is -2.10. The number of para-hydroxylation sites is 1. The molecule has 0 radical (unpaired) electrons. The lowest BCUT2D eigenvalue weighted by atomic mass is 9.99. The van der Waals surface area contributed by atoms with Crippen LogP contribution in [-0.2, 0) is 6.54 Å². The second-order valence-corrected chi connectivity index (χ2v) is 8.57. The first-order chi connectivity index (χ1) is 15.7. The molecule has 158 valence electrons. The number of nitrogens with two attached hydrogens (primary N) is 1. The van der Waals surface area contributed by atoms with Crippen molar-refractivity contribution in [3.05, 3.63) is 95.9 Å². The summed E-state index contributed by atoms with van der Waals surface area (Å²) in [5.74, 6) is 0.827. The van der Waals surface area contributed by atoms with E-state index in [0.717, 1.165) is 54.6 Å². The van der Waals surface area contributed by atoms with Crippen molar-refractivity contribution in [3.63, 3.8) is 0 Å². The predicted octanol–water partition coefficient (Wildman–Crippen LogP) is 6.83. The molecular weight excluding hydrogens is 414 g/mol. The highest BCUT2D eigenvalue weighted by molar-refractivity contribution is 7.19. The number of methoxy groups -OCH3 is 1. The number of ether oxygens (including phenoxy) is 1. The largest absolute Gasteiger partial charge is 0.497 e. The molecule has 0 aliphatic carbocycles. The number of nitrogen functional groups attached to an aromatic ring is 1. The fourth-order valence-corrected chi connectivity index (χ4v) is 4.85. The number of hydrogen-bond donors (Lipinski definition) is 2. The van der Waals surface area contributed by atoms with Gasteiger partial charge in [0.25, 0.3) is 0 Å². The van der Waals surface area contributed by atoms with E-state index < -0.39 is 0 Å². The quantitative estimate of drug-likeness (QED) is 0.305. The summed E-state index contributed by atoms with van der Waals surface area (Å²) < 4.78 is 5.34. The van der Waals surface area contributed by atoms with Crippen LogP contribution < -0.4 is 15.8 Å². The Bertz CT molecular complexity index is 1350. The van der Waals surface area contributed by atoms with Gasteiger partial charge in [0.1, 0.15) is 10.6 Å². The Morgan fingerprint density at radius 3 is 2.25 bits per heavy atom. The molecule has 0 aliphatic heterocycles. The van der Waals surface area contributed by atoms with Gasteiger partial charge in [-0.05, 0) is 41.5 Å². The number of anilines is 2. The van der Waals surface area contributed by atoms with Crippen molar-refractivity contribution in [2.75, 3.05) is 18.2 Å². The molecule has 32 heavy (non-hydrogen) atoms. The van der Waals surface area contributed by atoms with Gasteiger partial charge in [0.15, 0.2) is 0 Å². The standard InChI is InChI=1S/C27H23N3OS/c1-31-21-14-12-18(13-15-21)22-16-23(19-8-4-2-5-9-19)30-27-25(22)26(28)24(32-27)17-29-20-10-6-3-7-11-20/h2-16,29H,17,28H2,1H3. The number of nitrogens with one attached hydrogen (secondary N) is 1. The van der Waals surface area contributed by atoms with E-state index in [1.165, 1.54) is 0 Å². The van der Waals surface area contributed by atoms with Crippen molar-refractivity contribution in [2.24, 2.45) is 0 Å². The van der Waals surface area contributed by atoms with Gasteiger partial charge < -0.3 is 15.8 Å². The molecule has 0 unspecified atom stereocenters. The molecule has 5 aromatic rings. The summed E-state index contributed by atoms with van der Waals surface area (Å²) >= 11 is 1.65. The SMILES string of the molecule is COc1ccc(-c2cc(-c3ccccc3)nc3sc(CNc4ccccc4)c(N)c23)cc1. The minimum Gasteiger partial charge on any atom is -0.497 e. The van der Waals surface area contributed by atoms with Crippen molar-refractivity contribution in [1.82, 2.24) is 4.98 Å². The molecule has 5 heteroatoms. The summed E-state index contributed by atoms with van der Waals surface area (Å²) in [6.45, 7) is 0.652. The van der Waals surface area contributed by atoms with Gasteiger partial charge in [-0.2, -0.15) is 0 Å². The van der Waals surface area contributed by atoms with E-state index in [0.29, 0.717) is 6.54 Å². The minimum atomic E-state index is 0.652. The average molecular weight is 438 g/mol. The number of hydrogen-bond acceptors (Lipinski definition) is 5. The highest BCUT2D eigenvalue weighted by Crippen LogP contribution is 2.41. The molecule has 2 aromatic heterocycles. The maximum atomic E-state index is 6.69. The molecule has 0 saturated heterocycles. The van der Waals surface area contributed by atoms with E-state index in [-0.39, 0.29) is 0 Å². The zero-order chi connectivity index (χ0) is 21.9. The summed E-state index contributed by atoms with van der Waals surface area (Å²) in [5.41, 5.74) is 12.7. The molecule has 3 N–H and O–H groups in total. The van der Waals surface area contributed by atoms with Crippen LogP contribution in [0.3, 0.4) is 0 Å². The lowest BCUT2D eigenvalue weighted by Crippen LogP contribution is -2.00. The van der Waals surface area contributed by atoms with Gasteiger partial charge in [-0.25, -0.2) is 4.98 Å². The molecule has 0 aliphatic rings. The molecular formula is C27H23N3OS. The smallest absolute Gasteiger partial charge is 0.127 e. The molecule has 5 rings (SSSR count). The third-order valence-electron chi connectivity index (χ3n) is 5.47. The van der Waals surface area contributed by atoms with Crippen molar-refractivity contribution in [2.45, 2.75) is 6.54 Å². The number of aromatic nitrogens is 1. The fraction of sp³-hybridized carbons (Fsp3) is 0.0741. The first-order valence-corrected chi connectivity index (χ1v) is 11.3. The normalized spacial score (nSPS) is 10.9. The van der Waals surface area contributed by atoms with Crippen LogP contribution >= 0.6 is 11.3 Å². The van der Waals surface area contributed by atoms with Crippen LogP contribution in [0.4, 0.5) is 11.4 Å². The first kappa shape index (κ1) is 20.1. The van der Waals surface area contributed by atoms with Crippen molar-refractivity contribution in [3.8, 4) is 28.1 Å². The van der Waals surface area contributed by atoms with Crippen molar-refractivity contribution < 1.29 is 4.74 Å². The highest BCUT2D eigenvalue weighted by atomic mass is 32.1. The third kappa shape index (κ3) is 3.90. The van der Waals surface area contributed by atoms with Gasteiger partial charge in [0.05, 0.1) is 25.0 Å². The van der Waals surface area contributed by atoms with Gasteiger partial charge in [0, 0.05) is 21.5 Å². The lowest BCUT2D eigenvalue weighted by molar-refractivity contribution is 0.415. The second-order valence-electron chi connectivity index (χ2n) is 7.49. The van der Waals surface area contributed by atoms with Gasteiger partial charge in [-0.15, -0.1) is 11.3 Å². The maximum absolute atomic E-state index is 6.69. The summed E-state index contributed by atoms with van der Waals surface area (Å²) in [6, 6.07) is 30.6. The van der Waals surface area contributed by atoms with E-state index in [1.807, 2.05) is 48.5 Å². The monoisotopic (exact) mass is 437 g/mol. The van der Waals surface area contributed by atoms with Crippen LogP contribution in [-0.4, -0.2) is 12.1 Å². The molecule has 0 amide bonds. The Hall–Kier alpha value is -3.83. The summed E-state index contributed by atoms with van der Waals surface area (Å²) in [6.07, 6.45) is 0. The molecule has 3 aromatic carbocycles. The van der Waals surface area contributed by atoms with Crippen LogP contribution in [0.15, 0.2) is 91.0 Å². The summed E-state index contributed by atoms with van der Waals surface area (Å²) in [4.78, 5) is 7.01. The number of pyridine rings is 1. The van der Waals surface area contributed by atoms with E-state index in [1.54, 1.807) is 18.4 Å². The van der Waals surface area contributed by atoms with E-state index in [2.05, 4.69) is 47.8 Å². The van der Waals surface area contributed by atoms with Crippen LogP contribution in [0.25, 0.3) is 32.6 Å². The Morgan fingerprint density at radius 2 is 1.56 bits per heavy atom. The highest BCUT2D eigenvalue weighted by Gasteiger charge is 2.18. The third-order valence-corrected chi connectivity index (χ3v) is 6.57. The fourth-order valence-electron chi connectivity index (χ4n) is 3.79. The second kappa shape index (κ2) is 8.73. The Balaban J connectivity index is 1.63. The first-order valence-electron chi connectivity index (χ1n) is 10.4. The zero-order valence-electron chi connectivity index (χ0n) is 17.7. The van der Waals surface area contributed by atoms with Gasteiger partial charge in [-0.3, -0.25) is 0 Å². The zero-order valence-corrected chi connectivity index (χ0v) is 18.5. The number of nitrogens with zero attached hydrogens (tertiary/aromatic N) is 1. The summed E-state index contributed by atoms with van der Waals surface area (Å²) in [7, 11) is 1.68. The number of thiophene rings is 1. The Kier molecular flexibility index (Phi) is 5.48. The van der Waals surface area contributed by atoms with Gasteiger partial charge in [-0.1, -0.05) is 60.7 Å². The van der Waals surface area contributed by atoms with Gasteiger partial charge in [0.2, 0.25) is 0 Å². The van der Waals surface area contributed by atoms with E-state index in [4.69, 9.17) is 15.5 Å². The number of fused-ring (bicyclic) bond motifs is 1. The number of rotatable bonds is 6. The molecule has 0 spiro atoms. The van der Waals surface area contributed by atoms with Crippen LogP contribution in [0.1, 0.15) is 4.88 Å². The topological polar surface area (TPSA) is 60.2 Å². The Morgan fingerprint density at radius 1 is 0.875 bits per heavy atom. The molecule has 2 heterocycles. The van der Waals surface area contributed by atoms with Crippen LogP contribution in [0.2, 0.25) is 0 Å². The predicted molar refractivity (Wildman–Crippen MR) is 135 cm³/mol. The molecule has 0 atom stereocenters. The average Bonchev–Trinajstić information content (AvgIpc) is 3.19.